The van der Waals surface area contributed by atoms with Gasteiger partial charge in [0.05, 0.1) is 16.7 Å². The number of fused-ring (bicyclic) bond motifs is 2. The Labute approximate surface area is 201 Å². The molecule has 1 N–H and O–H groups in total. The Morgan fingerprint density at radius 1 is 0.821 bits per heavy atom. The fraction of sp³-hybridized carbons (Fsp3) is 0.105. The van der Waals surface area contributed by atoms with Gasteiger partial charge in [-0.3, -0.25) is 19.2 Å². The predicted octanol–water partition coefficient (Wildman–Crippen LogP) is 1.36. The zero-order valence-corrected chi connectivity index (χ0v) is 14.2. The second kappa shape index (κ2) is 8.46. The van der Waals surface area contributed by atoms with Crippen LogP contribution in [0.2, 0.25) is 0 Å². The van der Waals surface area contributed by atoms with Crippen molar-refractivity contribution in [1.82, 2.24) is 0 Å². The summed E-state index contributed by atoms with van der Waals surface area (Å²) in [5, 5.41) is 9.24. The molecule has 2 aromatic rings. The summed E-state index contributed by atoms with van der Waals surface area (Å²) in [5.74, 6) is -4.66. The van der Waals surface area contributed by atoms with Crippen molar-refractivity contribution in [3.05, 3.63) is 58.1 Å². The zero-order chi connectivity index (χ0) is 19.9. The van der Waals surface area contributed by atoms with Gasteiger partial charge >= 0.3 is 69.3 Å². The van der Waals surface area contributed by atoms with Gasteiger partial charge in [0.2, 0.25) is 5.78 Å². The first kappa shape index (κ1) is 22.1. The van der Waals surface area contributed by atoms with E-state index in [1.165, 1.54) is 18.2 Å². The van der Waals surface area contributed by atoms with Crippen molar-refractivity contribution in [2.24, 2.45) is 0 Å². The summed E-state index contributed by atoms with van der Waals surface area (Å²) in [5.41, 5.74) is -0.967. The Bertz CT molecular complexity index is 1050. The van der Waals surface area contributed by atoms with Crippen molar-refractivity contribution in [3.63, 3.8) is 0 Å². The number of esters is 2. The molecule has 0 heterocycles. The van der Waals surface area contributed by atoms with Gasteiger partial charge in [-0.05, 0) is 18.2 Å². The molecule has 0 aromatic heterocycles. The van der Waals surface area contributed by atoms with Crippen molar-refractivity contribution >= 4 is 80.9 Å². The molecule has 1 aliphatic carbocycles. The predicted molar refractivity (Wildman–Crippen MR) is 96.5 cm³/mol. The number of benzene rings is 2. The second-order valence-corrected chi connectivity index (χ2v) is 5.73. The summed E-state index contributed by atoms with van der Waals surface area (Å²) >= 11 is 0. The zero-order valence-electron chi connectivity index (χ0n) is 14.2. The normalized spacial score (nSPS) is 11.6. The fourth-order valence-electron chi connectivity index (χ4n) is 2.85. The van der Waals surface area contributed by atoms with Gasteiger partial charge in [-0.2, -0.15) is 0 Å². The van der Waals surface area contributed by atoms with Crippen molar-refractivity contribution in [3.8, 4) is 11.5 Å². The molecule has 0 saturated carbocycles. The van der Waals surface area contributed by atoms with E-state index < -0.39 is 29.5 Å². The molecule has 8 nitrogen and oxygen atoms in total. The third kappa shape index (κ3) is 3.98. The quantitative estimate of drug-likeness (QED) is 0.391. The fourth-order valence-corrected chi connectivity index (χ4v) is 2.85. The third-order valence-electron chi connectivity index (χ3n) is 3.83. The van der Waals surface area contributed by atoms with Gasteiger partial charge in [0.25, 0.3) is 0 Å². The van der Waals surface area contributed by atoms with E-state index in [-0.39, 0.29) is 90.7 Å². The van der Waals surface area contributed by atoms with Crippen LogP contribution in [0.3, 0.4) is 0 Å². The standard InChI is InChI=1S/C19H12O8.K.H/c1-8(20)26-13-5-3-4-11-15(13)18(23)16-12(17(11)22)6-10(19(24)25)7-14(16)27-9(2)21;;/h3-7H,1-2H3,(H,24,25);;. The molecule has 2 aromatic carbocycles. The number of hydrogen-bond donors (Lipinski definition) is 1. The van der Waals surface area contributed by atoms with Gasteiger partial charge in [-0.1, -0.05) is 12.1 Å². The van der Waals surface area contributed by atoms with Gasteiger partial charge in [-0.25, -0.2) is 4.79 Å². The summed E-state index contributed by atoms with van der Waals surface area (Å²) in [6.45, 7) is 2.22. The molecule has 0 radical (unpaired) electrons. The number of aromatic carboxylic acids is 1. The van der Waals surface area contributed by atoms with Crippen LogP contribution in [-0.4, -0.2) is 86.0 Å². The molecule has 9 heteroatoms. The molecule has 0 fully saturated rings. The van der Waals surface area contributed by atoms with E-state index in [4.69, 9.17) is 9.47 Å². The Morgan fingerprint density at radius 2 is 1.39 bits per heavy atom. The molecular weight excluding hydrogens is 395 g/mol. The Morgan fingerprint density at radius 3 is 1.96 bits per heavy atom. The van der Waals surface area contributed by atoms with Crippen LogP contribution in [0, 0.1) is 0 Å². The van der Waals surface area contributed by atoms with E-state index in [2.05, 4.69) is 0 Å². The van der Waals surface area contributed by atoms with Crippen LogP contribution in [0.15, 0.2) is 30.3 Å². The maximum absolute atomic E-state index is 13.1. The van der Waals surface area contributed by atoms with Gasteiger partial charge in [0.1, 0.15) is 11.5 Å². The third-order valence-corrected chi connectivity index (χ3v) is 3.83. The van der Waals surface area contributed by atoms with Crippen LogP contribution in [0.1, 0.15) is 56.0 Å². The van der Waals surface area contributed by atoms with Crippen LogP contribution >= 0.6 is 0 Å². The monoisotopic (exact) mass is 408 g/mol. The molecule has 0 saturated heterocycles. The molecule has 1 aliphatic rings. The van der Waals surface area contributed by atoms with Gasteiger partial charge < -0.3 is 14.6 Å². The Hall–Kier alpha value is -2.17. The summed E-state index contributed by atoms with van der Waals surface area (Å²) in [6, 6.07) is 6.19. The first-order valence-electron chi connectivity index (χ1n) is 7.71. The first-order chi connectivity index (χ1) is 12.7. The van der Waals surface area contributed by atoms with Crippen LogP contribution in [0.5, 0.6) is 11.5 Å². The van der Waals surface area contributed by atoms with Crippen LogP contribution in [-0.2, 0) is 9.59 Å². The number of carbonyl (C=O) groups is 5. The Balaban J connectivity index is 0.00000280. The molecule has 0 bridgehead atoms. The topological polar surface area (TPSA) is 124 Å². The van der Waals surface area contributed by atoms with Gasteiger partial charge in [0, 0.05) is 25.0 Å². The number of hydrogen-bond acceptors (Lipinski definition) is 7. The maximum atomic E-state index is 13.1. The van der Waals surface area contributed by atoms with E-state index in [1.807, 2.05) is 0 Å². The summed E-state index contributed by atoms with van der Waals surface area (Å²) < 4.78 is 9.99. The minimum atomic E-state index is -1.36. The van der Waals surface area contributed by atoms with Crippen molar-refractivity contribution in [2.75, 3.05) is 0 Å². The number of ketones is 2. The van der Waals surface area contributed by atoms with E-state index in [0.717, 1.165) is 26.0 Å². The molecule has 3 rings (SSSR count). The number of rotatable bonds is 3. The summed E-state index contributed by atoms with van der Waals surface area (Å²) in [6.07, 6.45) is 0. The molecule has 0 unspecified atom stereocenters. The van der Waals surface area contributed by atoms with Crippen LogP contribution in [0.4, 0.5) is 0 Å². The summed E-state index contributed by atoms with van der Waals surface area (Å²) in [7, 11) is 0. The van der Waals surface area contributed by atoms with E-state index in [0.29, 0.717) is 0 Å². The number of carboxylic acid groups (broad SMARTS) is 1. The van der Waals surface area contributed by atoms with Crippen LogP contribution in [0.25, 0.3) is 0 Å². The number of ether oxygens (including phenoxy) is 2. The Kier molecular flexibility index (Phi) is 6.68. The molecular formula is C19H13KO8. The first-order valence-corrected chi connectivity index (χ1v) is 7.71. The van der Waals surface area contributed by atoms with E-state index in [9.17, 15) is 29.1 Å². The summed E-state index contributed by atoms with van der Waals surface area (Å²) in [4.78, 5) is 60.0. The van der Waals surface area contributed by atoms with Gasteiger partial charge in [0.15, 0.2) is 5.78 Å². The molecule has 0 amide bonds. The molecule has 0 spiro atoms. The minimum absolute atomic E-state index is 0. The van der Waals surface area contributed by atoms with Crippen molar-refractivity contribution in [1.29, 1.82) is 0 Å². The number of carbonyl (C=O) groups excluding carboxylic acids is 4. The van der Waals surface area contributed by atoms with Crippen LogP contribution < -0.4 is 9.47 Å². The molecule has 28 heavy (non-hydrogen) atoms. The second-order valence-electron chi connectivity index (χ2n) is 5.73. The van der Waals surface area contributed by atoms with E-state index >= 15 is 0 Å². The molecule has 138 valence electrons. The average molecular weight is 408 g/mol. The van der Waals surface area contributed by atoms with Gasteiger partial charge in [-0.15, -0.1) is 0 Å². The molecule has 0 atom stereocenters. The van der Waals surface area contributed by atoms with Crippen molar-refractivity contribution in [2.45, 2.75) is 13.8 Å². The SMILES string of the molecule is CC(=O)Oc1cccc2c1C(=O)c1c(OC(C)=O)cc(C(=O)O)cc1C2=O.[KH]. The van der Waals surface area contributed by atoms with Crippen molar-refractivity contribution < 1.29 is 38.6 Å². The number of carboxylic acids is 1. The molecule has 0 aliphatic heterocycles. The average Bonchev–Trinajstić information content (AvgIpc) is 2.57. The van der Waals surface area contributed by atoms with E-state index in [1.54, 1.807) is 0 Å².